The Balaban J connectivity index is 2.24. The minimum atomic E-state index is -0.379. The zero-order valence-corrected chi connectivity index (χ0v) is 18.2. The van der Waals surface area contributed by atoms with Crippen molar-refractivity contribution in [3.05, 3.63) is 33.9 Å². The van der Waals surface area contributed by atoms with Crippen molar-refractivity contribution in [3.8, 4) is 0 Å². The topological polar surface area (TPSA) is 71.3 Å². The van der Waals surface area contributed by atoms with Gasteiger partial charge in [-0.2, -0.15) is 0 Å². The zero-order valence-electron chi connectivity index (χ0n) is 16.6. The summed E-state index contributed by atoms with van der Waals surface area (Å²) in [6, 6.07) is 3.49. The lowest BCUT2D eigenvalue weighted by Gasteiger charge is -2.21. The summed E-state index contributed by atoms with van der Waals surface area (Å²) in [5.41, 5.74) is 3.04. The fraction of sp³-hybridized carbons (Fsp3) is 0.524. The number of nitrogens with zero attached hydrogens (tertiary/aromatic N) is 1. The Kier molecular flexibility index (Phi) is 7.93. The van der Waals surface area contributed by atoms with Gasteiger partial charge in [-0.1, -0.05) is 56.8 Å². The van der Waals surface area contributed by atoms with E-state index in [0.29, 0.717) is 35.0 Å². The van der Waals surface area contributed by atoms with Crippen LogP contribution in [0.2, 0.25) is 10.0 Å². The Hall–Kier alpha value is -1.56. The van der Waals surface area contributed by atoms with Gasteiger partial charge >= 0.3 is 0 Å². The van der Waals surface area contributed by atoms with Crippen LogP contribution in [0, 0.1) is 5.41 Å². The maximum Gasteiger partial charge on any atom is 0.243 e. The Labute approximate surface area is 176 Å². The molecule has 0 fully saturated rings. The number of hydroxylamine groups is 1. The molecule has 5 nitrogen and oxygen atoms in total. The first-order valence-corrected chi connectivity index (χ1v) is 10.4. The molecule has 0 bridgehead atoms. The largest absolute Gasteiger partial charge is 0.346 e. The first-order chi connectivity index (χ1) is 13.2. The van der Waals surface area contributed by atoms with Gasteiger partial charge in [-0.25, -0.2) is 5.48 Å². The highest BCUT2D eigenvalue weighted by atomic mass is 35.5. The predicted molar refractivity (Wildman–Crippen MR) is 113 cm³/mol. The summed E-state index contributed by atoms with van der Waals surface area (Å²) < 4.78 is 2.01. The third-order valence-corrected chi connectivity index (χ3v) is 5.72. The molecule has 1 aromatic carbocycles. The predicted octanol–water partition coefficient (Wildman–Crippen LogP) is 6.02. The average molecular weight is 427 g/mol. The third-order valence-electron chi connectivity index (χ3n) is 5.21. The molecule has 0 unspecified atom stereocenters. The summed E-state index contributed by atoms with van der Waals surface area (Å²) in [6.45, 7) is 6.95. The summed E-state index contributed by atoms with van der Waals surface area (Å²) in [6.07, 6.45) is 5.88. The first kappa shape index (κ1) is 22.7. The molecule has 0 atom stereocenters. The van der Waals surface area contributed by atoms with Crippen LogP contribution >= 0.6 is 23.2 Å². The smallest absolute Gasteiger partial charge is 0.243 e. The summed E-state index contributed by atoms with van der Waals surface area (Å²) in [4.78, 5) is 24.1. The molecular weight excluding hydrogens is 399 g/mol. The number of Topliss-reactive ketones (excluding diaryl/α,β-unsaturated/α-hetero) is 1. The molecule has 2 rings (SSSR count). The van der Waals surface area contributed by atoms with Gasteiger partial charge in [0.1, 0.15) is 0 Å². The van der Waals surface area contributed by atoms with Gasteiger partial charge < -0.3 is 4.57 Å². The van der Waals surface area contributed by atoms with Crippen LogP contribution in [0.3, 0.4) is 0 Å². The van der Waals surface area contributed by atoms with Gasteiger partial charge in [0.15, 0.2) is 5.78 Å². The molecule has 0 aliphatic carbocycles. The van der Waals surface area contributed by atoms with E-state index in [1.807, 2.05) is 10.8 Å². The van der Waals surface area contributed by atoms with Crippen LogP contribution in [0.5, 0.6) is 0 Å². The number of benzene rings is 1. The maximum absolute atomic E-state index is 13.0. The molecule has 0 aliphatic heterocycles. The maximum atomic E-state index is 13.0. The SMILES string of the molecule is CCC(C)(C)CC(=O)c1cn(CCCCCC(=O)NO)c2c(Cl)cc(Cl)cc12. The number of aryl methyl sites for hydroxylation is 1. The van der Waals surface area contributed by atoms with Crippen molar-refractivity contribution >= 4 is 45.8 Å². The fourth-order valence-electron chi connectivity index (χ4n) is 3.21. The molecule has 2 aromatic rings. The number of amides is 1. The van der Waals surface area contributed by atoms with Gasteiger partial charge in [0, 0.05) is 41.6 Å². The van der Waals surface area contributed by atoms with Crippen molar-refractivity contribution in [1.29, 1.82) is 0 Å². The van der Waals surface area contributed by atoms with Gasteiger partial charge in [0.2, 0.25) is 5.91 Å². The van der Waals surface area contributed by atoms with Gasteiger partial charge in [-0.3, -0.25) is 14.8 Å². The number of unbranched alkanes of at least 4 members (excludes halogenated alkanes) is 2. The average Bonchev–Trinajstić information content (AvgIpc) is 2.99. The number of ketones is 1. The molecule has 0 spiro atoms. The molecule has 154 valence electrons. The summed E-state index contributed by atoms with van der Waals surface area (Å²) in [7, 11) is 0. The molecule has 2 N–H and O–H groups in total. The third kappa shape index (κ3) is 5.72. The molecular formula is C21H28Cl2N2O3. The number of fused-ring (bicyclic) bond motifs is 1. The Morgan fingerprint density at radius 2 is 1.89 bits per heavy atom. The van der Waals surface area contributed by atoms with Crippen LogP contribution in [0.25, 0.3) is 10.9 Å². The number of hydrogen-bond acceptors (Lipinski definition) is 3. The van der Waals surface area contributed by atoms with Crippen molar-refractivity contribution in [2.75, 3.05) is 0 Å². The van der Waals surface area contributed by atoms with E-state index in [4.69, 9.17) is 28.4 Å². The second-order valence-corrected chi connectivity index (χ2v) is 8.83. The quantitative estimate of drug-likeness (QED) is 0.211. The molecule has 0 aliphatic rings. The highest BCUT2D eigenvalue weighted by molar-refractivity contribution is 6.39. The van der Waals surface area contributed by atoms with Gasteiger partial charge in [-0.15, -0.1) is 0 Å². The van der Waals surface area contributed by atoms with Crippen LogP contribution in [-0.4, -0.2) is 21.5 Å². The Bertz CT molecular complexity index is 859. The van der Waals surface area contributed by atoms with E-state index in [1.54, 1.807) is 17.6 Å². The Morgan fingerprint density at radius 3 is 2.54 bits per heavy atom. The van der Waals surface area contributed by atoms with Gasteiger partial charge in [0.25, 0.3) is 0 Å². The van der Waals surface area contributed by atoms with Gasteiger partial charge in [0.05, 0.1) is 10.5 Å². The van der Waals surface area contributed by atoms with E-state index in [-0.39, 0.29) is 23.5 Å². The van der Waals surface area contributed by atoms with E-state index < -0.39 is 0 Å². The van der Waals surface area contributed by atoms with Crippen LogP contribution < -0.4 is 5.48 Å². The second kappa shape index (κ2) is 9.77. The van der Waals surface area contributed by atoms with E-state index in [9.17, 15) is 9.59 Å². The van der Waals surface area contributed by atoms with Crippen molar-refractivity contribution in [3.63, 3.8) is 0 Å². The van der Waals surface area contributed by atoms with Crippen LogP contribution in [0.15, 0.2) is 18.3 Å². The second-order valence-electron chi connectivity index (χ2n) is 7.98. The molecule has 7 heteroatoms. The summed E-state index contributed by atoms with van der Waals surface area (Å²) in [5.74, 6) is -0.288. The minimum absolute atomic E-state index is 0.0683. The van der Waals surface area contributed by atoms with E-state index in [0.717, 1.165) is 30.2 Å². The lowest BCUT2D eigenvalue weighted by atomic mass is 9.83. The number of hydrogen-bond donors (Lipinski definition) is 2. The van der Waals surface area contributed by atoms with Crippen molar-refractivity contribution in [1.82, 2.24) is 10.0 Å². The lowest BCUT2D eigenvalue weighted by molar-refractivity contribution is -0.129. The molecule has 1 amide bonds. The standard InChI is InChI=1S/C21H28Cl2N2O3/c1-4-21(2,3)12-18(26)16-13-25(9-7-5-6-8-19(27)24-28)20-15(16)10-14(22)11-17(20)23/h10-11,13,28H,4-9,12H2,1-3H3,(H,24,27). The number of nitrogens with one attached hydrogen (secondary N) is 1. The van der Waals surface area contributed by atoms with Crippen LogP contribution in [0.1, 0.15) is 69.7 Å². The lowest BCUT2D eigenvalue weighted by Crippen LogP contribution is -2.17. The first-order valence-electron chi connectivity index (χ1n) is 9.62. The molecule has 0 saturated heterocycles. The van der Waals surface area contributed by atoms with Crippen molar-refractivity contribution in [2.45, 2.75) is 65.8 Å². The van der Waals surface area contributed by atoms with E-state index >= 15 is 0 Å². The number of rotatable bonds is 10. The highest BCUT2D eigenvalue weighted by Crippen LogP contribution is 2.35. The molecule has 28 heavy (non-hydrogen) atoms. The zero-order chi connectivity index (χ0) is 20.9. The van der Waals surface area contributed by atoms with Crippen LogP contribution in [0.4, 0.5) is 0 Å². The summed E-state index contributed by atoms with van der Waals surface area (Å²) >= 11 is 12.6. The molecule has 1 heterocycles. The molecule has 0 radical (unpaired) electrons. The van der Waals surface area contributed by atoms with E-state index in [2.05, 4.69) is 20.8 Å². The van der Waals surface area contributed by atoms with Crippen molar-refractivity contribution in [2.24, 2.45) is 5.41 Å². The molecule has 1 aromatic heterocycles. The van der Waals surface area contributed by atoms with Gasteiger partial charge in [-0.05, 0) is 30.4 Å². The number of carbonyl (C=O) groups is 2. The number of aromatic nitrogens is 1. The Morgan fingerprint density at radius 1 is 1.18 bits per heavy atom. The summed E-state index contributed by atoms with van der Waals surface area (Å²) in [5, 5.41) is 10.4. The monoisotopic (exact) mass is 426 g/mol. The minimum Gasteiger partial charge on any atom is -0.346 e. The number of carbonyl (C=O) groups excluding carboxylic acids is 2. The fourth-order valence-corrected chi connectivity index (χ4v) is 3.81. The van der Waals surface area contributed by atoms with Crippen molar-refractivity contribution < 1.29 is 14.8 Å². The highest BCUT2D eigenvalue weighted by Gasteiger charge is 2.24. The normalized spacial score (nSPS) is 11.8. The number of halogens is 2. The van der Waals surface area contributed by atoms with Crippen LogP contribution in [-0.2, 0) is 11.3 Å². The molecule has 0 saturated carbocycles. The van der Waals surface area contributed by atoms with E-state index in [1.165, 1.54) is 0 Å².